The van der Waals surface area contributed by atoms with E-state index < -0.39 is 6.04 Å². The molecular formula is C29H31N7O5. The van der Waals surface area contributed by atoms with E-state index in [1.807, 2.05) is 37.3 Å². The van der Waals surface area contributed by atoms with Gasteiger partial charge in [0.05, 0.1) is 26.2 Å². The third-order valence-electron chi connectivity index (χ3n) is 6.60. The molecule has 41 heavy (non-hydrogen) atoms. The number of carbonyl (C=O) groups excluding carboxylic acids is 3. The first-order valence-corrected chi connectivity index (χ1v) is 13.2. The third kappa shape index (κ3) is 6.38. The number of hydrogen-bond donors (Lipinski definition) is 3. The van der Waals surface area contributed by atoms with Gasteiger partial charge in [-0.25, -0.2) is 9.67 Å². The summed E-state index contributed by atoms with van der Waals surface area (Å²) in [5.74, 6) is 0.834. The lowest BCUT2D eigenvalue weighted by molar-refractivity contribution is -0.122. The van der Waals surface area contributed by atoms with Gasteiger partial charge in [0, 0.05) is 30.4 Å². The molecule has 4 aromatic rings. The molecule has 0 saturated heterocycles. The lowest BCUT2D eigenvalue weighted by atomic mass is 10.2. The van der Waals surface area contributed by atoms with Crippen molar-refractivity contribution in [1.29, 1.82) is 0 Å². The molecule has 2 aromatic heterocycles. The average Bonchev–Trinajstić information content (AvgIpc) is 3.67. The Labute approximate surface area is 236 Å². The van der Waals surface area contributed by atoms with E-state index in [9.17, 15) is 14.4 Å². The normalized spacial score (nSPS) is 16.5. The maximum atomic E-state index is 13.2. The molecule has 12 heteroatoms. The number of nitrogens with one attached hydrogen (secondary N) is 3. The van der Waals surface area contributed by atoms with E-state index in [0.717, 1.165) is 5.56 Å². The highest BCUT2D eigenvalue weighted by Crippen LogP contribution is 2.28. The molecule has 2 bridgehead atoms. The molecule has 3 heterocycles. The number of methoxy groups -OCH3 is 1. The molecule has 3 amide bonds. The van der Waals surface area contributed by atoms with Gasteiger partial charge in [0.15, 0.2) is 17.3 Å². The van der Waals surface area contributed by atoms with Crippen molar-refractivity contribution in [1.82, 2.24) is 35.3 Å². The molecule has 12 nitrogen and oxygen atoms in total. The maximum Gasteiger partial charge on any atom is 0.270 e. The Bertz CT molecular complexity index is 1520. The van der Waals surface area contributed by atoms with Crippen LogP contribution >= 0.6 is 0 Å². The van der Waals surface area contributed by atoms with Crippen LogP contribution < -0.4 is 20.1 Å². The molecule has 1 atom stereocenters. The Morgan fingerprint density at radius 2 is 1.88 bits per heavy atom. The first-order valence-electron chi connectivity index (χ1n) is 13.2. The summed E-state index contributed by atoms with van der Waals surface area (Å²) in [5.41, 5.74) is 1.54. The number of aromatic nitrogens is 4. The van der Waals surface area contributed by atoms with Crippen molar-refractivity contribution >= 4 is 17.7 Å². The van der Waals surface area contributed by atoms with Crippen LogP contribution in [-0.4, -0.2) is 75.7 Å². The van der Waals surface area contributed by atoms with Crippen LogP contribution in [0.25, 0.3) is 11.4 Å². The third-order valence-corrected chi connectivity index (χ3v) is 6.60. The van der Waals surface area contributed by atoms with Crippen LogP contribution in [0.1, 0.15) is 39.6 Å². The van der Waals surface area contributed by atoms with Crippen molar-refractivity contribution in [3.63, 3.8) is 0 Å². The standard InChI is InChI=1S/C29H31N7O5/c1-19-27-33-26(20-7-4-3-5-8-20)34-36(27)15-16-41-24-17-21(10-11-23(24)40-2)28(38)31-13-14-35(18-25(37)32-19)29(39)22-9-6-12-30-22/h3-12,17,19,30H,13-16,18H2,1-2H3,(H,31,38)(H,32,37)/t19-/m1/s1. The summed E-state index contributed by atoms with van der Waals surface area (Å²) in [6.45, 7) is 2.35. The predicted molar refractivity (Wildman–Crippen MR) is 150 cm³/mol. The Hall–Kier alpha value is -5.13. The summed E-state index contributed by atoms with van der Waals surface area (Å²) in [7, 11) is 1.53. The number of nitrogens with zero attached hydrogens (tertiary/aromatic N) is 4. The highest BCUT2D eigenvalue weighted by atomic mass is 16.5. The monoisotopic (exact) mass is 557 g/mol. The Morgan fingerprint density at radius 1 is 1.05 bits per heavy atom. The van der Waals surface area contributed by atoms with E-state index in [1.165, 1.54) is 12.0 Å². The SMILES string of the molecule is COc1ccc2cc1OCCn1nc(-c3ccccc3)nc1[C@@H](C)NC(=O)CN(C(=O)c1ccc[nH]1)CCNC2=O. The quantitative estimate of drug-likeness (QED) is 0.351. The van der Waals surface area contributed by atoms with Crippen LogP contribution in [0.15, 0.2) is 66.9 Å². The molecule has 0 unspecified atom stereocenters. The fourth-order valence-corrected chi connectivity index (χ4v) is 4.54. The van der Waals surface area contributed by atoms with Gasteiger partial charge in [-0.1, -0.05) is 30.3 Å². The zero-order chi connectivity index (χ0) is 28.8. The topological polar surface area (TPSA) is 143 Å². The molecule has 2 aromatic carbocycles. The molecule has 0 spiro atoms. The van der Waals surface area contributed by atoms with Gasteiger partial charge >= 0.3 is 0 Å². The van der Waals surface area contributed by atoms with E-state index in [-0.39, 0.29) is 44.0 Å². The Balaban J connectivity index is 1.48. The van der Waals surface area contributed by atoms with Crippen molar-refractivity contribution in [3.05, 3.63) is 83.9 Å². The van der Waals surface area contributed by atoms with Gasteiger partial charge in [-0.05, 0) is 37.3 Å². The molecule has 1 aliphatic heterocycles. The van der Waals surface area contributed by atoms with Crippen LogP contribution in [0.4, 0.5) is 0 Å². The van der Waals surface area contributed by atoms with Gasteiger partial charge in [-0.3, -0.25) is 14.4 Å². The summed E-state index contributed by atoms with van der Waals surface area (Å²) < 4.78 is 13.1. The summed E-state index contributed by atoms with van der Waals surface area (Å²) in [5, 5.41) is 10.4. The molecule has 0 saturated carbocycles. The second-order valence-electron chi connectivity index (χ2n) is 9.45. The Kier molecular flexibility index (Phi) is 8.28. The van der Waals surface area contributed by atoms with Crippen LogP contribution in [0.5, 0.6) is 11.5 Å². The molecule has 212 valence electrons. The van der Waals surface area contributed by atoms with Crippen molar-refractivity contribution < 1.29 is 23.9 Å². The van der Waals surface area contributed by atoms with E-state index >= 15 is 0 Å². The van der Waals surface area contributed by atoms with Gasteiger partial charge in [0.2, 0.25) is 5.91 Å². The number of ether oxygens (including phenoxy) is 2. The van der Waals surface area contributed by atoms with Crippen LogP contribution in [0.3, 0.4) is 0 Å². The molecule has 0 fully saturated rings. The largest absolute Gasteiger partial charge is 0.493 e. The van der Waals surface area contributed by atoms with Crippen LogP contribution in [-0.2, 0) is 11.3 Å². The molecule has 5 rings (SSSR count). The van der Waals surface area contributed by atoms with Gasteiger partial charge in [0.25, 0.3) is 11.8 Å². The zero-order valence-corrected chi connectivity index (χ0v) is 22.8. The van der Waals surface area contributed by atoms with Crippen molar-refractivity contribution in [2.24, 2.45) is 0 Å². The first kappa shape index (κ1) is 27.4. The highest BCUT2D eigenvalue weighted by molar-refractivity contribution is 5.96. The van der Waals surface area contributed by atoms with Gasteiger partial charge in [-0.15, -0.1) is 0 Å². The highest BCUT2D eigenvalue weighted by Gasteiger charge is 2.24. The predicted octanol–water partition coefficient (Wildman–Crippen LogP) is 2.42. The minimum Gasteiger partial charge on any atom is -0.493 e. The number of fused-ring (bicyclic) bond motifs is 3. The number of hydrogen-bond acceptors (Lipinski definition) is 7. The fraction of sp³-hybridized carbons (Fsp3) is 0.276. The van der Waals surface area contributed by atoms with Crippen LogP contribution in [0, 0.1) is 0 Å². The lowest BCUT2D eigenvalue weighted by Crippen LogP contribution is -2.45. The number of aromatic amines is 1. The lowest BCUT2D eigenvalue weighted by Gasteiger charge is -2.23. The smallest absolute Gasteiger partial charge is 0.270 e. The summed E-state index contributed by atoms with van der Waals surface area (Å²) in [6, 6.07) is 17.3. The number of H-pyrrole nitrogens is 1. The molecule has 1 aliphatic rings. The Morgan fingerprint density at radius 3 is 2.63 bits per heavy atom. The fourth-order valence-electron chi connectivity index (χ4n) is 4.54. The maximum absolute atomic E-state index is 13.2. The summed E-state index contributed by atoms with van der Waals surface area (Å²) >= 11 is 0. The number of rotatable bonds is 3. The minimum atomic E-state index is -0.525. The van der Waals surface area contributed by atoms with Gasteiger partial charge < -0.3 is 30.0 Å². The van der Waals surface area contributed by atoms with Crippen molar-refractivity contribution in [2.75, 3.05) is 33.4 Å². The summed E-state index contributed by atoms with van der Waals surface area (Å²) in [6.07, 6.45) is 1.64. The minimum absolute atomic E-state index is 0.110. The van der Waals surface area contributed by atoms with E-state index in [0.29, 0.717) is 40.9 Å². The van der Waals surface area contributed by atoms with E-state index in [2.05, 4.69) is 20.7 Å². The number of amides is 3. The van der Waals surface area contributed by atoms with E-state index in [1.54, 1.807) is 41.2 Å². The van der Waals surface area contributed by atoms with E-state index in [4.69, 9.17) is 14.5 Å². The average molecular weight is 558 g/mol. The van der Waals surface area contributed by atoms with Crippen LogP contribution in [0.2, 0.25) is 0 Å². The molecule has 3 N–H and O–H groups in total. The van der Waals surface area contributed by atoms with Crippen molar-refractivity contribution in [2.45, 2.75) is 19.5 Å². The zero-order valence-electron chi connectivity index (χ0n) is 22.8. The number of carbonyl (C=O) groups is 3. The second kappa shape index (κ2) is 12.4. The van der Waals surface area contributed by atoms with Gasteiger partial charge in [0.1, 0.15) is 18.1 Å². The number of benzene rings is 2. The van der Waals surface area contributed by atoms with Crippen molar-refractivity contribution in [3.8, 4) is 22.9 Å². The van der Waals surface area contributed by atoms with Gasteiger partial charge in [-0.2, -0.15) is 5.10 Å². The molecular weight excluding hydrogens is 526 g/mol. The first-order chi connectivity index (χ1) is 19.9. The second-order valence-corrected chi connectivity index (χ2v) is 9.45. The summed E-state index contributed by atoms with van der Waals surface area (Å²) in [4.78, 5) is 48.3. The molecule has 0 radical (unpaired) electrons. The molecule has 0 aliphatic carbocycles.